The minimum atomic E-state index is -0.630. The van der Waals surface area contributed by atoms with Crippen LogP contribution in [0.3, 0.4) is 0 Å². The molecule has 0 radical (unpaired) electrons. The van der Waals surface area contributed by atoms with Gasteiger partial charge in [-0.15, -0.1) is 24.0 Å². The molecule has 6 heteroatoms. The van der Waals surface area contributed by atoms with Gasteiger partial charge in [0.05, 0.1) is 25.9 Å². The highest BCUT2D eigenvalue weighted by atomic mass is 127. The van der Waals surface area contributed by atoms with Crippen LogP contribution < -0.4 is 5.32 Å². The summed E-state index contributed by atoms with van der Waals surface area (Å²) in [4.78, 5) is 6.64. The molecule has 0 amide bonds. The maximum Gasteiger partial charge on any atom is 0.194 e. The van der Waals surface area contributed by atoms with Crippen LogP contribution in [0.15, 0.2) is 59.6 Å². The van der Waals surface area contributed by atoms with Crippen LogP contribution in [0.1, 0.15) is 23.6 Å². The van der Waals surface area contributed by atoms with Crippen molar-refractivity contribution in [1.82, 2.24) is 10.2 Å². The molecule has 0 heterocycles. The molecule has 2 N–H and O–H groups in total. The van der Waals surface area contributed by atoms with E-state index in [0.717, 1.165) is 24.6 Å². The van der Waals surface area contributed by atoms with Crippen molar-refractivity contribution in [2.75, 3.05) is 26.7 Å². The molecule has 0 aliphatic rings. The van der Waals surface area contributed by atoms with E-state index in [9.17, 15) is 5.11 Å². The number of nitrogens with one attached hydrogen (secondary N) is 1. The second kappa shape index (κ2) is 13.5. The SMILES string of the molecule is CCNC(=NCC(O)COCc1ccccc1)N(C)Cc1ccccc1C.I. The lowest BCUT2D eigenvalue weighted by Gasteiger charge is -2.23. The summed E-state index contributed by atoms with van der Waals surface area (Å²) >= 11 is 0. The number of nitrogens with zero attached hydrogens (tertiary/aromatic N) is 2. The molecule has 28 heavy (non-hydrogen) atoms. The Balaban J connectivity index is 0.00000392. The van der Waals surface area contributed by atoms with Crippen LogP contribution in [0.4, 0.5) is 0 Å². The number of benzene rings is 2. The largest absolute Gasteiger partial charge is 0.389 e. The minimum absolute atomic E-state index is 0. The van der Waals surface area contributed by atoms with Crippen LogP contribution in [0.25, 0.3) is 0 Å². The van der Waals surface area contributed by atoms with E-state index >= 15 is 0 Å². The number of guanidine groups is 1. The fourth-order valence-corrected chi connectivity index (χ4v) is 2.72. The molecule has 5 nitrogen and oxygen atoms in total. The zero-order valence-electron chi connectivity index (χ0n) is 17.0. The van der Waals surface area contributed by atoms with E-state index in [1.807, 2.05) is 56.4 Å². The molecule has 154 valence electrons. The lowest BCUT2D eigenvalue weighted by molar-refractivity contribution is 0.0330. The van der Waals surface area contributed by atoms with E-state index < -0.39 is 6.10 Å². The number of rotatable bonds is 9. The van der Waals surface area contributed by atoms with E-state index in [0.29, 0.717) is 13.2 Å². The first kappa shape index (κ1) is 24.4. The number of hydrogen-bond donors (Lipinski definition) is 2. The molecule has 2 aromatic carbocycles. The number of ether oxygens (including phenoxy) is 1. The van der Waals surface area contributed by atoms with Gasteiger partial charge in [0.25, 0.3) is 0 Å². The Morgan fingerprint density at radius 3 is 2.50 bits per heavy atom. The molecule has 1 atom stereocenters. The number of hydrogen-bond acceptors (Lipinski definition) is 3. The van der Waals surface area contributed by atoms with Gasteiger partial charge in [-0.2, -0.15) is 0 Å². The predicted molar refractivity (Wildman–Crippen MR) is 126 cm³/mol. The van der Waals surface area contributed by atoms with Crippen LogP contribution in [-0.2, 0) is 17.9 Å². The number of aliphatic hydroxyl groups excluding tert-OH is 1. The smallest absolute Gasteiger partial charge is 0.194 e. The molecule has 0 saturated heterocycles. The van der Waals surface area contributed by atoms with Gasteiger partial charge < -0.3 is 20.1 Å². The molecule has 0 aliphatic carbocycles. The quantitative estimate of drug-likeness (QED) is 0.316. The third-order valence-corrected chi connectivity index (χ3v) is 4.24. The van der Waals surface area contributed by atoms with E-state index in [2.05, 4.69) is 34.3 Å². The topological polar surface area (TPSA) is 57.1 Å². The first-order valence-corrected chi connectivity index (χ1v) is 9.43. The minimum Gasteiger partial charge on any atom is -0.389 e. The molecule has 1 unspecified atom stereocenters. The van der Waals surface area contributed by atoms with Gasteiger partial charge in [0, 0.05) is 20.1 Å². The van der Waals surface area contributed by atoms with Crippen molar-refractivity contribution in [2.24, 2.45) is 4.99 Å². The van der Waals surface area contributed by atoms with Gasteiger partial charge in [-0.25, -0.2) is 0 Å². The van der Waals surface area contributed by atoms with Gasteiger partial charge in [-0.05, 0) is 30.5 Å². The van der Waals surface area contributed by atoms with Gasteiger partial charge in [-0.3, -0.25) is 4.99 Å². The highest BCUT2D eigenvalue weighted by Gasteiger charge is 2.10. The van der Waals surface area contributed by atoms with E-state index in [1.165, 1.54) is 11.1 Å². The first-order valence-electron chi connectivity index (χ1n) is 9.43. The average Bonchev–Trinajstić information content (AvgIpc) is 2.67. The third-order valence-electron chi connectivity index (χ3n) is 4.24. The van der Waals surface area contributed by atoms with Gasteiger partial charge in [0.2, 0.25) is 0 Å². The summed E-state index contributed by atoms with van der Waals surface area (Å²) in [6.45, 7) is 6.75. The van der Waals surface area contributed by atoms with E-state index in [1.54, 1.807) is 0 Å². The Hall–Kier alpha value is -1.64. The normalized spacial score (nSPS) is 12.2. The average molecular weight is 497 g/mol. The maximum absolute atomic E-state index is 10.2. The molecule has 0 spiro atoms. The van der Waals surface area contributed by atoms with Crippen molar-refractivity contribution >= 4 is 29.9 Å². The highest BCUT2D eigenvalue weighted by Crippen LogP contribution is 2.09. The molecule has 2 aromatic rings. The molecule has 0 bridgehead atoms. The number of aliphatic imine (C=N–C) groups is 1. The number of aliphatic hydroxyl groups is 1. The zero-order valence-corrected chi connectivity index (χ0v) is 19.3. The first-order chi connectivity index (χ1) is 13.1. The van der Waals surface area contributed by atoms with Crippen molar-refractivity contribution in [3.63, 3.8) is 0 Å². The second-order valence-corrected chi connectivity index (χ2v) is 6.63. The second-order valence-electron chi connectivity index (χ2n) is 6.63. The molecule has 2 rings (SSSR count). The van der Waals surface area contributed by atoms with Crippen LogP contribution in [-0.4, -0.2) is 48.8 Å². The van der Waals surface area contributed by atoms with Gasteiger partial charge in [0.1, 0.15) is 0 Å². The lowest BCUT2D eigenvalue weighted by Crippen LogP contribution is -2.39. The maximum atomic E-state index is 10.2. The van der Waals surface area contributed by atoms with Crippen molar-refractivity contribution in [2.45, 2.75) is 33.1 Å². The monoisotopic (exact) mass is 497 g/mol. The van der Waals surface area contributed by atoms with Crippen molar-refractivity contribution in [3.05, 3.63) is 71.3 Å². The molecule has 0 aliphatic heterocycles. The summed E-state index contributed by atoms with van der Waals surface area (Å²) in [5.41, 5.74) is 3.62. The summed E-state index contributed by atoms with van der Waals surface area (Å²) in [5, 5.41) is 13.5. The van der Waals surface area contributed by atoms with Gasteiger partial charge >= 0.3 is 0 Å². The molecule has 0 saturated carbocycles. The van der Waals surface area contributed by atoms with Crippen LogP contribution >= 0.6 is 24.0 Å². The Morgan fingerprint density at radius 1 is 1.14 bits per heavy atom. The van der Waals surface area contributed by atoms with Gasteiger partial charge in [-0.1, -0.05) is 54.6 Å². The number of halogens is 1. The molecule has 0 fully saturated rings. The van der Waals surface area contributed by atoms with Crippen molar-refractivity contribution in [3.8, 4) is 0 Å². The summed E-state index contributed by atoms with van der Waals surface area (Å²) < 4.78 is 5.59. The summed E-state index contributed by atoms with van der Waals surface area (Å²) in [6, 6.07) is 18.3. The van der Waals surface area contributed by atoms with Crippen molar-refractivity contribution < 1.29 is 9.84 Å². The summed E-state index contributed by atoms with van der Waals surface area (Å²) in [5.74, 6) is 0.780. The third kappa shape index (κ3) is 8.58. The van der Waals surface area contributed by atoms with Crippen LogP contribution in [0, 0.1) is 6.92 Å². The van der Waals surface area contributed by atoms with E-state index in [4.69, 9.17) is 4.74 Å². The Labute approximate surface area is 185 Å². The fourth-order valence-electron chi connectivity index (χ4n) is 2.72. The number of aryl methyl sites for hydroxylation is 1. The predicted octanol–water partition coefficient (Wildman–Crippen LogP) is 3.59. The molecular formula is C22H32IN3O2. The molecule has 0 aromatic heterocycles. The lowest BCUT2D eigenvalue weighted by atomic mass is 10.1. The summed E-state index contributed by atoms with van der Waals surface area (Å²) in [6.07, 6.45) is -0.630. The highest BCUT2D eigenvalue weighted by molar-refractivity contribution is 14.0. The van der Waals surface area contributed by atoms with Gasteiger partial charge in [0.15, 0.2) is 5.96 Å². The van der Waals surface area contributed by atoms with E-state index in [-0.39, 0.29) is 30.6 Å². The van der Waals surface area contributed by atoms with Crippen LogP contribution in [0.2, 0.25) is 0 Å². The van der Waals surface area contributed by atoms with Crippen LogP contribution in [0.5, 0.6) is 0 Å². The Bertz CT molecular complexity index is 710. The Kier molecular flexibility index (Phi) is 11.8. The molecular weight excluding hydrogens is 465 g/mol. The summed E-state index contributed by atoms with van der Waals surface area (Å²) in [7, 11) is 2.01. The zero-order chi connectivity index (χ0) is 19.5. The Morgan fingerprint density at radius 2 is 1.82 bits per heavy atom. The van der Waals surface area contributed by atoms with Crippen molar-refractivity contribution in [1.29, 1.82) is 0 Å². The standard InChI is InChI=1S/C22H31N3O2.HI/c1-4-23-22(25(3)15-20-13-9-8-10-18(20)2)24-14-21(26)17-27-16-19-11-6-5-7-12-19;/h5-13,21,26H,4,14-17H2,1-3H3,(H,23,24);1H. The fraction of sp³-hybridized carbons (Fsp3) is 0.409.